The zero-order valence-electron chi connectivity index (χ0n) is 13.5. The number of halogens is 1. The van der Waals surface area contributed by atoms with Gasteiger partial charge in [-0.1, -0.05) is 17.7 Å². The van der Waals surface area contributed by atoms with E-state index >= 15 is 0 Å². The maximum absolute atomic E-state index is 10.9. The molecule has 4 rings (SSSR count). The molecule has 0 amide bonds. The van der Waals surface area contributed by atoms with Crippen LogP contribution in [0.5, 0.6) is 5.75 Å². The quantitative estimate of drug-likeness (QED) is 0.529. The lowest BCUT2D eigenvalue weighted by Gasteiger charge is -2.14. The molecule has 0 saturated carbocycles. The minimum absolute atomic E-state index is 0.0175. The number of hydrogen-bond acceptors (Lipinski definition) is 6. The Morgan fingerprint density at radius 1 is 1.23 bits per heavy atom. The molecular formula is C19H14ClN3O3. The van der Waals surface area contributed by atoms with Crippen LogP contribution in [-0.4, -0.2) is 21.4 Å². The van der Waals surface area contributed by atoms with Gasteiger partial charge < -0.3 is 15.2 Å². The number of rotatable bonds is 4. The average Bonchev–Trinajstić information content (AvgIpc) is 3.14. The van der Waals surface area contributed by atoms with Crippen LogP contribution in [0.2, 0.25) is 5.02 Å². The molecule has 2 N–H and O–H groups in total. The molecule has 26 heavy (non-hydrogen) atoms. The molecule has 0 radical (unpaired) electrons. The summed E-state index contributed by atoms with van der Waals surface area (Å²) >= 11 is 5.96. The van der Waals surface area contributed by atoms with Gasteiger partial charge in [0.2, 0.25) is 0 Å². The van der Waals surface area contributed by atoms with Crippen molar-refractivity contribution in [2.24, 2.45) is 0 Å². The van der Waals surface area contributed by atoms with Gasteiger partial charge in [0.05, 0.1) is 10.5 Å². The summed E-state index contributed by atoms with van der Waals surface area (Å²) < 4.78 is 5.62. The smallest absolute Gasteiger partial charge is 0.184 e. The number of fused-ring (bicyclic) bond motifs is 1. The van der Waals surface area contributed by atoms with Crippen molar-refractivity contribution in [2.75, 3.05) is 5.32 Å². The normalized spacial score (nSPS) is 16.2. The predicted molar refractivity (Wildman–Crippen MR) is 98.5 cm³/mol. The first-order valence-corrected chi connectivity index (χ1v) is 8.34. The molecule has 1 atom stereocenters. The standard InChI is InChI=1S/C19H14ClN3O3/c20-15-8-12(2-5-17(15)25)23-19-14-7-11(1-4-16(14)21-10-22-19)18-6-3-13(9-24)26-18/h1-5,7-10,18,25H,6H2,(H,21,22,23). The number of ether oxygens (including phenoxy) is 1. The number of nitrogens with one attached hydrogen (secondary N) is 1. The molecule has 0 spiro atoms. The third kappa shape index (κ3) is 3.07. The fourth-order valence-electron chi connectivity index (χ4n) is 2.86. The lowest BCUT2D eigenvalue weighted by atomic mass is 10.0. The van der Waals surface area contributed by atoms with E-state index in [4.69, 9.17) is 16.3 Å². The molecule has 1 aliphatic rings. The van der Waals surface area contributed by atoms with Gasteiger partial charge in [0, 0.05) is 17.5 Å². The van der Waals surface area contributed by atoms with E-state index < -0.39 is 0 Å². The van der Waals surface area contributed by atoms with Crippen LogP contribution < -0.4 is 5.32 Å². The van der Waals surface area contributed by atoms with E-state index in [1.165, 1.54) is 12.4 Å². The zero-order valence-corrected chi connectivity index (χ0v) is 14.3. The highest BCUT2D eigenvalue weighted by Gasteiger charge is 2.20. The molecule has 0 bridgehead atoms. The Labute approximate surface area is 154 Å². The van der Waals surface area contributed by atoms with Crippen LogP contribution in [0, 0.1) is 0 Å². The molecule has 2 heterocycles. The number of allylic oxidation sites excluding steroid dienone is 1. The maximum atomic E-state index is 10.9. The first-order chi connectivity index (χ1) is 12.6. The van der Waals surface area contributed by atoms with Gasteiger partial charge in [-0.2, -0.15) is 0 Å². The van der Waals surface area contributed by atoms with Gasteiger partial charge in [-0.05, 0) is 42.0 Å². The van der Waals surface area contributed by atoms with Gasteiger partial charge in [0.25, 0.3) is 0 Å². The Balaban J connectivity index is 1.69. The molecule has 7 heteroatoms. The monoisotopic (exact) mass is 367 g/mol. The Morgan fingerprint density at radius 3 is 2.88 bits per heavy atom. The number of hydrogen-bond donors (Lipinski definition) is 2. The number of nitrogens with zero attached hydrogens (tertiary/aromatic N) is 2. The summed E-state index contributed by atoms with van der Waals surface area (Å²) in [6.45, 7) is 0. The van der Waals surface area contributed by atoms with Gasteiger partial charge >= 0.3 is 0 Å². The topological polar surface area (TPSA) is 84.3 Å². The molecule has 2 aromatic carbocycles. The molecule has 1 aromatic heterocycles. The van der Waals surface area contributed by atoms with Crippen molar-refractivity contribution >= 4 is 40.3 Å². The van der Waals surface area contributed by atoms with Crippen molar-refractivity contribution < 1.29 is 14.6 Å². The summed E-state index contributed by atoms with van der Waals surface area (Å²) in [5, 5.41) is 13.8. The van der Waals surface area contributed by atoms with Gasteiger partial charge in [-0.15, -0.1) is 0 Å². The van der Waals surface area contributed by atoms with E-state index in [0.717, 1.165) is 16.5 Å². The lowest BCUT2D eigenvalue weighted by Crippen LogP contribution is -2.00. The minimum atomic E-state index is -0.198. The summed E-state index contributed by atoms with van der Waals surface area (Å²) in [7, 11) is 0. The van der Waals surface area contributed by atoms with E-state index in [-0.39, 0.29) is 16.9 Å². The van der Waals surface area contributed by atoms with Crippen LogP contribution in [0.15, 0.2) is 54.6 Å². The number of anilines is 2. The second-order valence-electron chi connectivity index (χ2n) is 5.86. The number of carbonyl (C=O) groups excluding carboxylic acids is 1. The van der Waals surface area contributed by atoms with E-state index in [1.807, 2.05) is 18.2 Å². The van der Waals surface area contributed by atoms with Crippen LogP contribution in [0.4, 0.5) is 11.5 Å². The van der Waals surface area contributed by atoms with Gasteiger partial charge in [-0.25, -0.2) is 9.97 Å². The molecule has 1 unspecified atom stereocenters. The van der Waals surface area contributed by atoms with Crippen LogP contribution in [0.1, 0.15) is 18.1 Å². The first kappa shape index (κ1) is 16.4. The Bertz CT molecular complexity index is 1040. The largest absolute Gasteiger partial charge is 0.506 e. The van der Waals surface area contributed by atoms with Crippen molar-refractivity contribution in [1.29, 1.82) is 0 Å². The fraction of sp³-hybridized carbons (Fsp3) is 0.105. The minimum Gasteiger partial charge on any atom is -0.506 e. The zero-order chi connectivity index (χ0) is 18.1. The summed E-state index contributed by atoms with van der Waals surface area (Å²) in [4.78, 5) is 19.5. The predicted octanol–water partition coefficient (Wildman–Crippen LogP) is 4.28. The SMILES string of the molecule is O=CC1=CCC(c2ccc3ncnc(Nc4ccc(O)c(Cl)c4)c3c2)O1. The van der Waals surface area contributed by atoms with E-state index in [0.29, 0.717) is 30.0 Å². The highest BCUT2D eigenvalue weighted by atomic mass is 35.5. The number of aromatic nitrogens is 2. The second-order valence-corrected chi connectivity index (χ2v) is 6.26. The molecule has 6 nitrogen and oxygen atoms in total. The highest BCUT2D eigenvalue weighted by Crippen LogP contribution is 2.34. The molecule has 0 saturated heterocycles. The van der Waals surface area contributed by atoms with Gasteiger partial charge in [-0.3, -0.25) is 4.79 Å². The number of phenolic OH excluding ortho intramolecular Hbond substituents is 1. The maximum Gasteiger partial charge on any atom is 0.184 e. The fourth-order valence-corrected chi connectivity index (χ4v) is 3.04. The molecule has 130 valence electrons. The van der Waals surface area contributed by atoms with Crippen LogP contribution >= 0.6 is 11.6 Å². The summed E-state index contributed by atoms with van der Waals surface area (Å²) in [5.74, 6) is 0.987. The van der Waals surface area contributed by atoms with Crippen molar-refractivity contribution in [3.05, 3.63) is 65.1 Å². The number of phenols is 1. The molecule has 0 fully saturated rings. The lowest BCUT2D eigenvalue weighted by molar-refractivity contribution is -0.108. The third-order valence-corrected chi connectivity index (χ3v) is 4.47. The molecular weight excluding hydrogens is 354 g/mol. The van der Waals surface area contributed by atoms with Crippen LogP contribution in [0.25, 0.3) is 10.9 Å². The van der Waals surface area contributed by atoms with Gasteiger partial charge in [0.1, 0.15) is 24.0 Å². The van der Waals surface area contributed by atoms with E-state index in [9.17, 15) is 9.90 Å². The van der Waals surface area contributed by atoms with Crippen molar-refractivity contribution in [2.45, 2.75) is 12.5 Å². The molecule has 1 aliphatic heterocycles. The third-order valence-electron chi connectivity index (χ3n) is 4.17. The molecule has 0 aliphatic carbocycles. The Morgan fingerprint density at radius 2 is 2.12 bits per heavy atom. The summed E-state index contributed by atoms with van der Waals surface area (Å²) in [6, 6.07) is 10.6. The van der Waals surface area contributed by atoms with E-state index in [2.05, 4.69) is 15.3 Å². The van der Waals surface area contributed by atoms with Crippen LogP contribution in [0.3, 0.4) is 0 Å². The first-order valence-electron chi connectivity index (χ1n) is 7.96. The van der Waals surface area contributed by atoms with Crippen LogP contribution in [-0.2, 0) is 9.53 Å². The number of benzene rings is 2. The number of aromatic hydroxyl groups is 1. The molecule has 3 aromatic rings. The van der Waals surface area contributed by atoms with Crippen molar-refractivity contribution in [3.63, 3.8) is 0 Å². The summed E-state index contributed by atoms with van der Waals surface area (Å²) in [5.41, 5.74) is 2.41. The average molecular weight is 368 g/mol. The van der Waals surface area contributed by atoms with Crippen molar-refractivity contribution in [3.8, 4) is 5.75 Å². The van der Waals surface area contributed by atoms with Crippen molar-refractivity contribution in [1.82, 2.24) is 9.97 Å². The van der Waals surface area contributed by atoms with Gasteiger partial charge in [0.15, 0.2) is 12.0 Å². The Kier molecular flexibility index (Phi) is 4.18. The Hall–Kier alpha value is -3.12. The number of carbonyl (C=O) groups is 1. The highest BCUT2D eigenvalue weighted by molar-refractivity contribution is 6.32. The summed E-state index contributed by atoms with van der Waals surface area (Å²) in [6.07, 6.45) is 4.41. The second kappa shape index (κ2) is 6.65. The number of aldehydes is 1. The van der Waals surface area contributed by atoms with E-state index in [1.54, 1.807) is 18.2 Å².